The van der Waals surface area contributed by atoms with E-state index in [-0.39, 0.29) is 12.4 Å². The highest BCUT2D eigenvalue weighted by Crippen LogP contribution is 2.26. The standard InChI is InChI=1S/C11H13IO3/c1-7-4-9(12)5-8(11(7)15-3)6-10(13)14-2/h4-5H,6H2,1-3H3. The average molecular weight is 320 g/mol. The van der Waals surface area contributed by atoms with Crippen LogP contribution in [0.1, 0.15) is 11.1 Å². The van der Waals surface area contributed by atoms with E-state index in [2.05, 4.69) is 27.3 Å². The van der Waals surface area contributed by atoms with Gasteiger partial charge in [-0.05, 0) is 47.2 Å². The Morgan fingerprint density at radius 2 is 2.07 bits per heavy atom. The van der Waals surface area contributed by atoms with Crippen LogP contribution in [0.5, 0.6) is 5.75 Å². The maximum absolute atomic E-state index is 11.2. The van der Waals surface area contributed by atoms with Crippen molar-refractivity contribution in [1.82, 2.24) is 0 Å². The highest BCUT2D eigenvalue weighted by Gasteiger charge is 2.11. The summed E-state index contributed by atoms with van der Waals surface area (Å²) >= 11 is 2.22. The number of carbonyl (C=O) groups excluding carboxylic acids is 1. The van der Waals surface area contributed by atoms with Crippen LogP contribution in [0.25, 0.3) is 0 Å². The van der Waals surface area contributed by atoms with Crippen LogP contribution in [0, 0.1) is 10.5 Å². The van der Waals surface area contributed by atoms with Crippen molar-refractivity contribution in [2.45, 2.75) is 13.3 Å². The van der Waals surface area contributed by atoms with Gasteiger partial charge in [0, 0.05) is 9.13 Å². The number of methoxy groups -OCH3 is 2. The quantitative estimate of drug-likeness (QED) is 0.633. The first-order valence-electron chi connectivity index (χ1n) is 4.48. The highest BCUT2D eigenvalue weighted by atomic mass is 127. The summed E-state index contributed by atoms with van der Waals surface area (Å²) in [5.74, 6) is 0.510. The molecule has 3 nitrogen and oxygen atoms in total. The van der Waals surface area contributed by atoms with Gasteiger partial charge in [-0.15, -0.1) is 0 Å². The fourth-order valence-electron chi connectivity index (χ4n) is 1.45. The molecule has 0 saturated carbocycles. The third kappa shape index (κ3) is 3.09. The van der Waals surface area contributed by atoms with Gasteiger partial charge in [0.15, 0.2) is 0 Å². The van der Waals surface area contributed by atoms with E-state index in [0.717, 1.165) is 20.4 Å². The number of ether oxygens (including phenoxy) is 2. The van der Waals surface area contributed by atoms with Gasteiger partial charge in [-0.3, -0.25) is 4.79 Å². The maximum atomic E-state index is 11.2. The van der Waals surface area contributed by atoms with Crippen LogP contribution in [-0.4, -0.2) is 20.2 Å². The topological polar surface area (TPSA) is 35.5 Å². The monoisotopic (exact) mass is 320 g/mol. The fourth-order valence-corrected chi connectivity index (χ4v) is 2.29. The maximum Gasteiger partial charge on any atom is 0.310 e. The molecule has 0 saturated heterocycles. The Morgan fingerprint density at radius 1 is 1.40 bits per heavy atom. The molecular weight excluding hydrogens is 307 g/mol. The smallest absolute Gasteiger partial charge is 0.310 e. The first-order chi connectivity index (χ1) is 7.08. The molecule has 0 aliphatic heterocycles. The fraction of sp³-hybridized carbons (Fsp3) is 0.364. The third-order valence-corrected chi connectivity index (χ3v) is 2.71. The number of hydrogen-bond acceptors (Lipinski definition) is 3. The number of halogens is 1. The molecule has 0 amide bonds. The minimum atomic E-state index is -0.255. The minimum absolute atomic E-state index is 0.247. The predicted molar refractivity (Wildman–Crippen MR) is 66.2 cm³/mol. The van der Waals surface area contributed by atoms with E-state index in [4.69, 9.17) is 4.74 Å². The van der Waals surface area contributed by atoms with Gasteiger partial charge in [0.1, 0.15) is 5.75 Å². The van der Waals surface area contributed by atoms with Gasteiger partial charge >= 0.3 is 5.97 Å². The molecule has 0 aliphatic carbocycles. The number of carbonyl (C=O) groups is 1. The molecule has 1 aromatic carbocycles. The van der Waals surface area contributed by atoms with Crippen molar-refractivity contribution in [3.63, 3.8) is 0 Å². The van der Waals surface area contributed by atoms with Gasteiger partial charge in [-0.2, -0.15) is 0 Å². The summed E-state index contributed by atoms with van der Waals surface area (Å²) in [6.07, 6.45) is 0.247. The van der Waals surface area contributed by atoms with Crippen molar-refractivity contribution in [1.29, 1.82) is 0 Å². The summed E-state index contributed by atoms with van der Waals surface area (Å²) in [6.45, 7) is 1.96. The number of aryl methyl sites for hydroxylation is 1. The summed E-state index contributed by atoms with van der Waals surface area (Å²) in [6, 6.07) is 3.95. The largest absolute Gasteiger partial charge is 0.496 e. The highest BCUT2D eigenvalue weighted by molar-refractivity contribution is 14.1. The van der Waals surface area contributed by atoms with Gasteiger partial charge in [-0.25, -0.2) is 0 Å². The van der Waals surface area contributed by atoms with Crippen LogP contribution in [0.15, 0.2) is 12.1 Å². The normalized spacial score (nSPS) is 9.87. The van der Waals surface area contributed by atoms with Crippen molar-refractivity contribution < 1.29 is 14.3 Å². The second-order valence-corrected chi connectivity index (χ2v) is 4.41. The van der Waals surface area contributed by atoms with E-state index < -0.39 is 0 Å². The molecule has 0 heterocycles. The van der Waals surface area contributed by atoms with E-state index in [1.807, 2.05) is 19.1 Å². The Morgan fingerprint density at radius 3 is 2.60 bits per heavy atom. The summed E-state index contributed by atoms with van der Waals surface area (Å²) in [5, 5.41) is 0. The lowest BCUT2D eigenvalue weighted by atomic mass is 10.1. The Balaban J connectivity index is 3.09. The first-order valence-corrected chi connectivity index (χ1v) is 5.56. The third-order valence-electron chi connectivity index (χ3n) is 2.08. The SMILES string of the molecule is COC(=O)Cc1cc(I)cc(C)c1OC. The van der Waals surface area contributed by atoms with Crippen LogP contribution in [0.2, 0.25) is 0 Å². The molecule has 0 radical (unpaired) electrons. The lowest BCUT2D eigenvalue weighted by Crippen LogP contribution is -2.07. The Bertz CT molecular complexity index is 374. The number of rotatable bonds is 3. The predicted octanol–water partition coefficient (Wildman–Crippen LogP) is 2.32. The second kappa shape index (κ2) is 5.34. The first kappa shape index (κ1) is 12.3. The molecule has 0 atom stereocenters. The number of hydrogen-bond donors (Lipinski definition) is 0. The molecule has 0 N–H and O–H groups in total. The van der Waals surface area contributed by atoms with Crippen molar-refractivity contribution in [3.8, 4) is 5.75 Å². The summed E-state index contributed by atoms with van der Waals surface area (Å²) in [5.41, 5.74) is 1.90. The van der Waals surface area contributed by atoms with E-state index in [1.165, 1.54) is 7.11 Å². The summed E-state index contributed by atoms with van der Waals surface area (Å²) < 4.78 is 11.0. The molecular formula is C11H13IO3. The summed E-state index contributed by atoms with van der Waals surface area (Å²) in [7, 11) is 2.99. The molecule has 1 rings (SSSR count). The van der Waals surface area contributed by atoms with Crippen LogP contribution >= 0.6 is 22.6 Å². The Labute approximate surface area is 103 Å². The van der Waals surface area contributed by atoms with E-state index in [1.54, 1.807) is 7.11 Å². The van der Waals surface area contributed by atoms with E-state index in [0.29, 0.717) is 0 Å². The minimum Gasteiger partial charge on any atom is -0.496 e. The van der Waals surface area contributed by atoms with Gasteiger partial charge < -0.3 is 9.47 Å². The molecule has 15 heavy (non-hydrogen) atoms. The van der Waals surface area contributed by atoms with Gasteiger partial charge in [0.2, 0.25) is 0 Å². The molecule has 0 aromatic heterocycles. The van der Waals surface area contributed by atoms with Gasteiger partial charge in [0.25, 0.3) is 0 Å². The van der Waals surface area contributed by atoms with Crippen molar-refractivity contribution in [2.75, 3.05) is 14.2 Å². The molecule has 0 spiro atoms. The number of esters is 1. The average Bonchev–Trinajstić information content (AvgIpc) is 2.17. The van der Waals surface area contributed by atoms with Gasteiger partial charge in [-0.1, -0.05) is 0 Å². The van der Waals surface area contributed by atoms with Crippen LogP contribution in [0.4, 0.5) is 0 Å². The van der Waals surface area contributed by atoms with Crippen molar-refractivity contribution in [3.05, 3.63) is 26.8 Å². The van der Waals surface area contributed by atoms with E-state index in [9.17, 15) is 4.79 Å². The Kier molecular flexibility index (Phi) is 4.38. The van der Waals surface area contributed by atoms with Gasteiger partial charge in [0.05, 0.1) is 20.6 Å². The molecule has 4 heteroatoms. The van der Waals surface area contributed by atoms with Crippen LogP contribution in [-0.2, 0) is 16.0 Å². The zero-order chi connectivity index (χ0) is 11.4. The van der Waals surface area contributed by atoms with Crippen molar-refractivity contribution >= 4 is 28.6 Å². The molecule has 0 unspecified atom stereocenters. The van der Waals surface area contributed by atoms with Crippen molar-refractivity contribution in [2.24, 2.45) is 0 Å². The molecule has 0 fully saturated rings. The van der Waals surface area contributed by atoms with E-state index >= 15 is 0 Å². The molecule has 0 bridgehead atoms. The molecule has 82 valence electrons. The summed E-state index contributed by atoms with van der Waals surface area (Å²) in [4.78, 5) is 11.2. The lowest BCUT2D eigenvalue weighted by molar-refractivity contribution is -0.139. The van der Waals surface area contributed by atoms with Crippen LogP contribution in [0.3, 0.4) is 0 Å². The lowest BCUT2D eigenvalue weighted by Gasteiger charge is -2.11. The zero-order valence-corrected chi connectivity index (χ0v) is 11.1. The number of benzene rings is 1. The second-order valence-electron chi connectivity index (χ2n) is 3.17. The molecule has 0 aliphatic rings. The Hall–Kier alpha value is -0.780. The van der Waals surface area contributed by atoms with Crippen LogP contribution < -0.4 is 4.74 Å². The molecule has 1 aromatic rings. The zero-order valence-electron chi connectivity index (χ0n) is 8.96.